The highest BCUT2D eigenvalue weighted by Gasteiger charge is 2.07. The largest absolute Gasteiger partial charge is 0.233 e. The molecule has 0 aliphatic heterocycles. The lowest BCUT2D eigenvalue weighted by molar-refractivity contribution is 0.912. The molecule has 3 nitrogen and oxygen atoms in total. The molecule has 2 aromatic rings. The van der Waals surface area contributed by atoms with Gasteiger partial charge in [-0.15, -0.1) is 0 Å². The quantitative estimate of drug-likeness (QED) is 0.712. The summed E-state index contributed by atoms with van der Waals surface area (Å²) in [5, 5.41) is 4.82. The highest BCUT2D eigenvalue weighted by atomic mass is 35.5. The van der Waals surface area contributed by atoms with Crippen LogP contribution in [0.1, 0.15) is 25.1 Å². The van der Waals surface area contributed by atoms with E-state index in [1.165, 1.54) is 0 Å². The molecule has 0 radical (unpaired) electrons. The van der Waals surface area contributed by atoms with Gasteiger partial charge in [-0.3, -0.25) is 0 Å². The topological polar surface area (TPSA) is 30.2 Å². The highest BCUT2D eigenvalue weighted by molar-refractivity contribution is 6.29. The van der Waals surface area contributed by atoms with E-state index < -0.39 is 0 Å². The van der Waals surface area contributed by atoms with Gasteiger partial charge in [0.2, 0.25) is 0 Å². The van der Waals surface area contributed by atoms with Crippen LogP contribution in [0, 0.1) is 0 Å². The summed E-state index contributed by atoms with van der Waals surface area (Å²) in [7, 11) is 0. The first kappa shape index (κ1) is 9.46. The summed E-state index contributed by atoms with van der Waals surface area (Å²) in [6.07, 6.45) is 3.65. The standard InChI is InChI=1S/C10H12ClN3/c1-3-7-6-12-14-9(11)5-8(4-2)13-10(7)14/h5-6H,3-4H2,1-2H3. The van der Waals surface area contributed by atoms with Gasteiger partial charge in [0.25, 0.3) is 0 Å². The van der Waals surface area contributed by atoms with Crippen molar-refractivity contribution in [2.75, 3.05) is 0 Å². The zero-order valence-corrected chi connectivity index (χ0v) is 9.04. The molecule has 2 aromatic heterocycles. The van der Waals surface area contributed by atoms with Gasteiger partial charge >= 0.3 is 0 Å². The molecule has 2 rings (SSSR count). The lowest BCUT2D eigenvalue weighted by Gasteiger charge is -2.01. The van der Waals surface area contributed by atoms with E-state index >= 15 is 0 Å². The predicted molar refractivity (Wildman–Crippen MR) is 56.8 cm³/mol. The van der Waals surface area contributed by atoms with Crippen LogP contribution < -0.4 is 0 Å². The predicted octanol–water partition coefficient (Wildman–Crippen LogP) is 2.51. The number of halogens is 1. The average molecular weight is 210 g/mol. The normalized spacial score (nSPS) is 11.1. The van der Waals surface area contributed by atoms with Gasteiger partial charge in [-0.1, -0.05) is 25.4 Å². The van der Waals surface area contributed by atoms with Crippen LogP contribution in [0.15, 0.2) is 12.3 Å². The summed E-state index contributed by atoms with van der Waals surface area (Å²) in [5.41, 5.74) is 3.04. The number of hydrogen-bond acceptors (Lipinski definition) is 2. The second-order valence-corrected chi connectivity index (χ2v) is 3.57. The van der Waals surface area contributed by atoms with Gasteiger partial charge in [-0.2, -0.15) is 5.10 Å². The van der Waals surface area contributed by atoms with Crippen LogP contribution >= 0.6 is 11.6 Å². The highest BCUT2D eigenvalue weighted by Crippen LogP contribution is 2.16. The van der Waals surface area contributed by atoms with Gasteiger partial charge in [0.1, 0.15) is 5.15 Å². The lowest BCUT2D eigenvalue weighted by atomic mass is 10.2. The van der Waals surface area contributed by atoms with E-state index in [4.69, 9.17) is 11.6 Å². The second kappa shape index (κ2) is 3.58. The summed E-state index contributed by atoms with van der Waals surface area (Å²) in [4.78, 5) is 4.50. The van der Waals surface area contributed by atoms with Crippen molar-refractivity contribution < 1.29 is 0 Å². The van der Waals surface area contributed by atoms with E-state index in [1.54, 1.807) is 4.52 Å². The van der Waals surface area contributed by atoms with Crippen LogP contribution in [-0.4, -0.2) is 14.6 Å². The van der Waals surface area contributed by atoms with Gasteiger partial charge in [0.15, 0.2) is 5.65 Å². The van der Waals surface area contributed by atoms with Crippen molar-refractivity contribution in [2.24, 2.45) is 0 Å². The van der Waals surface area contributed by atoms with Crippen LogP contribution in [0.4, 0.5) is 0 Å². The first-order chi connectivity index (χ1) is 6.76. The first-order valence-electron chi connectivity index (χ1n) is 4.78. The summed E-state index contributed by atoms with van der Waals surface area (Å²) < 4.78 is 1.68. The van der Waals surface area contributed by atoms with Gasteiger partial charge in [0, 0.05) is 11.3 Å². The van der Waals surface area contributed by atoms with Crippen LogP contribution in [0.5, 0.6) is 0 Å². The molecule has 0 fully saturated rings. The Bertz CT molecular complexity index is 462. The van der Waals surface area contributed by atoms with Gasteiger partial charge in [0.05, 0.1) is 6.20 Å². The Labute approximate surface area is 87.7 Å². The average Bonchev–Trinajstić information content (AvgIpc) is 2.61. The third-order valence-electron chi connectivity index (χ3n) is 2.30. The fourth-order valence-electron chi connectivity index (χ4n) is 1.45. The maximum Gasteiger partial charge on any atom is 0.160 e. The second-order valence-electron chi connectivity index (χ2n) is 3.18. The molecule has 2 heterocycles. The van der Waals surface area contributed by atoms with E-state index in [2.05, 4.69) is 23.9 Å². The first-order valence-corrected chi connectivity index (χ1v) is 5.16. The van der Waals surface area contributed by atoms with Crippen LogP contribution in [0.3, 0.4) is 0 Å². The molecule has 0 unspecified atom stereocenters. The summed E-state index contributed by atoms with van der Waals surface area (Å²) in [6, 6.07) is 1.86. The van der Waals surface area contributed by atoms with Crippen molar-refractivity contribution in [1.29, 1.82) is 0 Å². The fraction of sp³-hybridized carbons (Fsp3) is 0.400. The number of rotatable bonds is 2. The summed E-state index contributed by atoms with van der Waals surface area (Å²) >= 11 is 6.07. The molecular weight excluding hydrogens is 198 g/mol. The maximum absolute atomic E-state index is 6.07. The lowest BCUT2D eigenvalue weighted by Crippen LogP contribution is -1.97. The van der Waals surface area contributed by atoms with Crippen molar-refractivity contribution in [3.8, 4) is 0 Å². The molecule has 0 bridgehead atoms. The monoisotopic (exact) mass is 209 g/mol. The molecule has 0 spiro atoms. The van der Waals surface area contributed by atoms with Crippen LogP contribution in [-0.2, 0) is 12.8 Å². The maximum atomic E-state index is 6.07. The molecule has 14 heavy (non-hydrogen) atoms. The van der Waals surface area contributed by atoms with E-state index in [-0.39, 0.29) is 0 Å². The number of hydrogen-bond donors (Lipinski definition) is 0. The van der Waals surface area contributed by atoms with Crippen molar-refractivity contribution in [1.82, 2.24) is 14.6 Å². The Morgan fingerprint density at radius 3 is 2.79 bits per heavy atom. The minimum Gasteiger partial charge on any atom is -0.233 e. The molecule has 74 valence electrons. The molecule has 0 saturated heterocycles. The van der Waals surface area contributed by atoms with Gasteiger partial charge in [-0.05, 0) is 18.9 Å². The Morgan fingerprint density at radius 1 is 1.36 bits per heavy atom. The number of fused-ring (bicyclic) bond motifs is 1. The fourth-order valence-corrected chi connectivity index (χ4v) is 1.70. The minimum atomic E-state index is 0.631. The Balaban J connectivity index is 2.73. The van der Waals surface area contributed by atoms with E-state index in [0.29, 0.717) is 5.15 Å². The van der Waals surface area contributed by atoms with E-state index in [1.807, 2.05) is 12.3 Å². The smallest absolute Gasteiger partial charge is 0.160 e. The molecule has 0 aliphatic carbocycles. The van der Waals surface area contributed by atoms with Crippen LogP contribution in [0.2, 0.25) is 5.15 Å². The van der Waals surface area contributed by atoms with Crippen LogP contribution in [0.25, 0.3) is 5.65 Å². The third kappa shape index (κ3) is 1.38. The zero-order chi connectivity index (χ0) is 10.1. The van der Waals surface area contributed by atoms with Gasteiger partial charge < -0.3 is 0 Å². The van der Waals surface area contributed by atoms with E-state index in [0.717, 1.165) is 29.7 Å². The van der Waals surface area contributed by atoms with Crippen molar-refractivity contribution in [3.63, 3.8) is 0 Å². The SMILES string of the molecule is CCc1cc(Cl)n2ncc(CC)c2n1. The van der Waals surface area contributed by atoms with Crippen molar-refractivity contribution in [3.05, 3.63) is 28.7 Å². The molecular formula is C10H12ClN3. The third-order valence-corrected chi connectivity index (χ3v) is 2.57. The Morgan fingerprint density at radius 2 is 2.14 bits per heavy atom. The Kier molecular flexibility index (Phi) is 2.42. The number of aryl methyl sites for hydroxylation is 2. The Hall–Kier alpha value is -1.09. The number of aromatic nitrogens is 3. The van der Waals surface area contributed by atoms with Gasteiger partial charge in [-0.25, -0.2) is 9.50 Å². The molecule has 0 aromatic carbocycles. The summed E-state index contributed by atoms with van der Waals surface area (Å²) in [5.74, 6) is 0. The van der Waals surface area contributed by atoms with Crippen molar-refractivity contribution in [2.45, 2.75) is 26.7 Å². The molecule has 0 amide bonds. The van der Waals surface area contributed by atoms with Crippen molar-refractivity contribution >= 4 is 17.2 Å². The zero-order valence-electron chi connectivity index (χ0n) is 8.29. The summed E-state index contributed by atoms with van der Waals surface area (Å²) in [6.45, 7) is 4.16. The minimum absolute atomic E-state index is 0.631. The molecule has 0 saturated carbocycles. The van der Waals surface area contributed by atoms with E-state index in [9.17, 15) is 0 Å². The molecule has 0 N–H and O–H groups in total. The number of nitrogens with zero attached hydrogens (tertiary/aromatic N) is 3. The molecule has 4 heteroatoms. The molecule has 0 aliphatic rings. The molecule has 0 atom stereocenters.